The fourth-order valence-corrected chi connectivity index (χ4v) is 2.92. The number of amides is 2. The van der Waals surface area contributed by atoms with E-state index >= 15 is 0 Å². The molecule has 2 unspecified atom stereocenters. The number of anilines is 2. The van der Waals surface area contributed by atoms with Crippen molar-refractivity contribution < 1.29 is 9.59 Å². The van der Waals surface area contributed by atoms with Gasteiger partial charge in [0.1, 0.15) is 0 Å². The Kier molecular flexibility index (Phi) is 4.96. The quantitative estimate of drug-likeness (QED) is 0.795. The minimum absolute atomic E-state index is 0.000481. The number of nitrogens with two attached hydrogens (primary N) is 1. The van der Waals surface area contributed by atoms with Gasteiger partial charge in [-0.1, -0.05) is 12.5 Å². The molecule has 0 spiro atoms. The molecule has 0 saturated heterocycles. The molecular weight excluding hydrogens is 266 g/mol. The van der Waals surface area contributed by atoms with Crippen LogP contribution in [0.4, 0.5) is 11.4 Å². The van der Waals surface area contributed by atoms with Gasteiger partial charge in [0.2, 0.25) is 11.8 Å². The average Bonchev–Trinajstić information content (AvgIpc) is 2.90. The van der Waals surface area contributed by atoms with E-state index in [2.05, 4.69) is 10.6 Å². The van der Waals surface area contributed by atoms with Gasteiger partial charge in [-0.2, -0.15) is 0 Å². The van der Waals surface area contributed by atoms with Crippen LogP contribution in [0.5, 0.6) is 0 Å². The Hall–Kier alpha value is -1.88. The van der Waals surface area contributed by atoms with Gasteiger partial charge in [0, 0.05) is 24.2 Å². The smallest absolute Gasteiger partial charge is 0.227 e. The summed E-state index contributed by atoms with van der Waals surface area (Å²) >= 11 is 0. The Morgan fingerprint density at radius 3 is 2.71 bits per heavy atom. The number of carbonyl (C=O) groups is 2. The topological polar surface area (TPSA) is 84.2 Å². The van der Waals surface area contributed by atoms with Crippen molar-refractivity contribution in [1.82, 2.24) is 0 Å². The molecule has 4 N–H and O–H groups in total. The average molecular weight is 289 g/mol. The van der Waals surface area contributed by atoms with Crippen LogP contribution in [0.25, 0.3) is 0 Å². The third-order valence-corrected chi connectivity index (χ3v) is 4.11. The lowest BCUT2D eigenvalue weighted by molar-refractivity contribution is -0.120. The Morgan fingerprint density at radius 2 is 2.05 bits per heavy atom. The first-order valence-electron chi connectivity index (χ1n) is 7.40. The number of nitrogens with one attached hydrogen (secondary N) is 2. The minimum atomic E-state index is -0.124. The molecule has 0 aromatic heterocycles. The molecule has 0 heterocycles. The highest BCUT2D eigenvalue weighted by Gasteiger charge is 2.31. The van der Waals surface area contributed by atoms with Crippen molar-refractivity contribution in [3.8, 4) is 0 Å². The van der Waals surface area contributed by atoms with Gasteiger partial charge in [0.05, 0.1) is 0 Å². The monoisotopic (exact) mass is 289 g/mol. The zero-order valence-corrected chi connectivity index (χ0v) is 12.6. The lowest BCUT2D eigenvalue weighted by Gasteiger charge is -2.18. The summed E-state index contributed by atoms with van der Waals surface area (Å²) in [5.41, 5.74) is 8.12. The number of hydrogen-bond acceptors (Lipinski definition) is 3. The van der Waals surface area contributed by atoms with Crippen molar-refractivity contribution in [3.05, 3.63) is 23.8 Å². The van der Waals surface area contributed by atoms with Crippen molar-refractivity contribution in [2.24, 2.45) is 17.6 Å². The molecule has 2 atom stereocenters. The van der Waals surface area contributed by atoms with E-state index < -0.39 is 0 Å². The van der Waals surface area contributed by atoms with Crippen molar-refractivity contribution in [2.75, 3.05) is 17.2 Å². The molecule has 1 aliphatic carbocycles. The standard InChI is InChI=1S/C16H23N3O2/c1-10-6-7-13(8-15(10)18-11(2)20)19-16(21)14-5-3-4-12(14)9-17/h6-8,12,14H,3-5,9,17H2,1-2H3,(H,18,20)(H,19,21). The van der Waals surface area contributed by atoms with Crippen molar-refractivity contribution in [1.29, 1.82) is 0 Å². The van der Waals surface area contributed by atoms with Crippen LogP contribution < -0.4 is 16.4 Å². The maximum atomic E-state index is 12.3. The van der Waals surface area contributed by atoms with Crippen LogP contribution >= 0.6 is 0 Å². The molecule has 2 rings (SSSR count). The first-order chi connectivity index (χ1) is 10.0. The Labute approximate surface area is 125 Å². The third-order valence-electron chi connectivity index (χ3n) is 4.11. The molecular formula is C16H23N3O2. The summed E-state index contributed by atoms with van der Waals surface area (Å²) in [6.07, 6.45) is 2.99. The SMILES string of the molecule is CC(=O)Nc1cc(NC(=O)C2CCCC2CN)ccc1C. The van der Waals surface area contributed by atoms with Gasteiger partial charge < -0.3 is 16.4 Å². The Bertz CT molecular complexity index is 542. The molecule has 5 heteroatoms. The van der Waals surface area contributed by atoms with Gasteiger partial charge in [0.15, 0.2) is 0 Å². The van der Waals surface area contributed by atoms with Crippen LogP contribution in [0.1, 0.15) is 31.7 Å². The molecule has 114 valence electrons. The number of benzene rings is 1. The summed E-state index contributed by atoms with van der Waals surface area (Å²) < 4.78 is 0. The van der Waals surface area contributed by atoms with E-state index in [4.69, 9.17) is 5.73 Å². The van der Waals surface area contributed by atoms with Gasteiger partial charge >= 0.3 is 0 Å². The predicted molar refractivity (Wildman–Crippen MR) is 84.0 cm³/mol. The lowest BCUT2D eigenvalue weighted by atomic mass is 9.95. The second kappa shape index (κ2) is 6.72. The summed E-state index contributed by atoms with van der Waals surface area (Å²) in [5.74, 6) is 0.187. The van der Waals surface area contributed by atoms with Gasteiger partial charge in [-0.25, -0.2) is 0 Å². The zero-order valence-electron chi connectivity index (χ0n) is 12.6. The molecule has 1 fully saturated rings. The van der Waals surface area contributed by atoms with Gasteiger partial charge in [-0.15, -0.1) is 0 Å². The number of rotatable bonds is 4. The molecule has 1 saturated carbocycles. The largest absolute Gasteiger partial charge is 0.330 e. The number of hydrogen-bond donors (Lipinski definition) is 3. The first-order valence-corrected chi connectivity index (χ1v) is 7.40. The van der Waals surface area contributed by atoms with Crippen LogP contribution in [0.15, 0.2) is 18.2 Å². The molecule has 0 aliphatic heterocycles. The molecule has 2 amide bonds. The fourth-order valence-electron chi connectivity index (χ4n) is 2.92. The van der Waals surface area contributed by atoms with E-state index in [1.807, 2.05) is 19.1 Å². The molecule has 1 aromatic carbocycles. The molecule has 1 aliphatic rings. The van der Waals surface area contributed by atoms with E-state index in [0.29, 0.717) is 12.2 Å². The summed E-state index contributed by atoms with van der Waals surface area (Å²) in [7, 11) is 0. The van der Waals surface area contributed by atoms with Crippen molar-refractivity contribution in [3.63, 3.8) is 0 Å². The summed E-state index contributed by atoms with van der Waals surface area (Å²) in [4.78, 5) is 23.5. The van der Waals surface area contributed by atoms with Crippen LogP contribution in [0.3, 0.4) is 0 Å². The molecule has 5 nitrogen and oxygen atoms in total. The van der Waals surface area contributed by atoms with Crippen LogP contribution in [-0.4, -0.2) is 18.4 Å². The normalized spacial score (nSPS) is 21.1. The Balaban J connectivity index is 2.08. The highest BCUT2D eigenvalue weighted by molar-refractivity contribution is 5.95. The highest BCUT2D eigenvalue weighted by atomic mass is 16.2. The van der Waals surface area contributed by atoms with E-state index in [1.165, 1.54) is 6.92 Å². The molecule has 0 bridgehead atoms. The predicted octanol–water partition coefficient (Wildman–Crippen LogP) is 2.27. The second-order valence-corrected chi connectivity index (χ2v) is 5.73. The zero-order chi connectivity index (χ0) is 15.4. The summed E-state index contributed by atoms with van der Waals surface area (Å²) in [6, 6.07) is 5.53. The molecule has 1 aromatic rings. The summed E-state index contributed by atoms with van der Waals surface area (Å²) in [6.45, 7) is 3.94. The number of carbonyl (C=O) groups excluding carboxylic acids is 2. The molecule has 0 radical (unpaired) electrons. The molecule has 21 heavy (non-hydrogen) atoms. The van der Waals surface area contributed by atoms with E-state index in [-0.39, 0.29) is 23.7 Å². The number of aryl methyl sites for hydroxylation is 1. The van der Waals surface area contributed by atoms with Crippen molar-refractivity contribution >= 4 is 23.2 Å². The Morgan fingerprint density at radius 1 is 1.29 bits per heavy atom. The van der Waals surface area contributed by atoms with Crippen LogP contribution in [-0.2, 0) is 9.59 Å². The van der Waals surface area contributed by atoms with E-state index in [0.717, 1.165) is 30.5 Å². The van der Waals surface area contributed by atoms with Gasteiger partial charge in [0.25, 0.3) is 0 Å². The van der Waals surface area contributed by atoms with Crippen LogP contribution in [0, 0.1) is 18.8 Å². The minimum Gasteiger partial charge on any atom is -0.330 e. The summed E-state index contributed by atoms with van der Waals surface area (Å²) in [5, 5.41) is 5.71. The highest BCUT2D eigenvalue weighted by Crippen LogP contribution is 2.32. The van der Waals surface area contributed by atoms with Gasteiger partial charge in [-0.3, -0.25) is 9.59 Å². The first kappa shape index (κ1) is 15.5. The van der Waals surface area contributed by atoms with Crippen LogP contribution in [0.2, 0.25) is 0 Å². The maximum Gasteiger partial charge on any atom is 0.227 e. The maximum absolute atomic E-state index is 12.3. The van der Waals surface area contributed by atoms with Gasteiger partial charge in [-0.05, 0) is 49.9 Å². The van der Waals surface area contributed by atoms with E-state index in [1.54, 1.807) is 6.07 Å². The fraction of sp³-hybridized carbons (Fsp3) is 0.500. The second-order valence-electron chi connectivity index (χ2n) is 5.73. The third kappa shape index (κ3) is 3.82. The van der Waals surface area contributed by atoms with Crippen molar-refractivity contribution in [2.45, 2.75) is 33.1 Å². The van der Waals surface area contributed by atoms with E-state index in [9.17, 15) is 9.59 Å². The lowest BCUT2D eigenvalue weighted by Crippen LogP contribution is -2.29.